The second kappa shape index (κ2) is 7.24. The van der Waals surface area contributed by atoms with E-state index in [9.17, 15) is 9.90 Å². The molecule has 146 valence electrons. The molecule has 0 aliphatic rings. The second-order valence-corrected chi connectivity index (χ2v) is 8.30. The second-order valence-electron chi connectivity index (χ2n) is 8.30. The Morgan fingerprint density at radius 2 is 1.61 bits per heavy atom. The Kier molecular flexibility index (Phi) is 5.13. The molecule has 0 saturated heterocycles. The average Bonchev–Trinajstić information content (AvgIpc) is 3.07. The molecule has 3 rings (SSSR count). The van der Waals surface area contributed by atoms with E-state index >= 15 is 0 Å². The highest BCUT2D eigenvalue weighted by Gasteiger charge is 2.33. The maximum Gasteiger partial charge on any atom is 0.261 e. The molecule has 0 aliphatic heterocycles. The number of hydrogen-bond acceptors (Lipinski definition) is 3. The first-order chi connectivity index (χ1) is 13.1. The van der Waals surface area contributed by atoms with E-state index in [0.717, 1.165) is 16.9 Å². The van der Waals surface area contributed by atoms with Gasteiger partial charge in [-0.2, -0.15) is 5.10 Å². The number of nitrogens with zero attached hydrogens (tertiary/aromatic N) is 2. The summed E-state index contributed by atoms with van der Waals surface area (Å²) in [5.41, 5.74) is 1.52. The quantitative estimate of drug-likeness (QED) is 0.711. The van der Waals surface area contributed by atoms with Crippen LogP contribution in [0.2, 0.25) is 0 Å². The summed E-state index contributed by atoms with van der Waals surface area (Å²) in [5, 5.41) is 18.4. The van der Waals surface area contributed by atoms with Crippen LogP contribution in [0, 0.1) is 6.92 Å². The van der Waals surface area contributed by atoms with Crippen LogP contribution in [-0.2, 0) is 15.8 Å². The molecule has 1 unspecified atom stereocenters. The van der Waals surface area contributed by atoms with E-state index in [1.807, 2.05) is 43.3 Å². The van der Waals surface area contributed by atoms with Crippen LogP contribution in [0.1, 0.15) is 44.5 Å². The summed E-state index contributed by atoms with van der Waals surface area (Å²) >= 11 is 0. The first kappa shape index (κ1) is 19.8. The van der Waals surface area contributed by atoms with Gasteiger partial charge in [-0.15, -0.1) is 0 Å². The van der Waals surface area contributed by atoms with Gasteiger partial charge in [0, 0.05) is 11.5 Å². The average molecular weight is 377 g/mol. The zero-order chi connectivity index (χ0) is 20.5. The first-order valence-corrected chi connectivity index (χ1v) is 9.36. The van der Waals surface area contributed by atoms with Crippen LogP contribution in [0.5, 0.6) is 0 Å². The van der Waals surface area contributed by atoms with E-state index < -0.39 is 11.5 Å². The van der Waals surface area contributed by atoms with Crippen LogP contribution in [0.15, 0.2) is 60.7 Å². The normalized spacial score (nSPS) is 13.8. The van der Waals surface area contributed by atoms with E-state index in [-0.39, 0.29) is 5.41 Å². The number of nitrogens with one attached hydrogen (secondary N) is 1. The lowest BCUT2D eigenvalue weighted by atomic mass is 9.92. The SMILES string of the molecule is Cc1ccc(-n2nc(C(C)(C)C)cc2NC(=O)C(C)(O)c2ccccc2)cc1. The van der Waals surface area contributed by atoms with Crippen LogP contribution in [-0.4, -0.2) is 20.8 Å². The monoisotopic (exact) mass is 377 g/mol. The fourth-order valence-corrected chi connectivity index (χ4v) is 2.85. The molecular formula is C23H27N3O2. The van der Waals surface area contributed by atoms with Gasteiger partial charge in [0.1, 0.15) is 5.82 Å². The van der Waals surface area contributed by atoms with Gasteiger partial charge in [0.25, 0.3) is 5.91 Å². The van der Waals surface area contributed by atoms with E-state index in [0.29, 0.717) is 11.4 Å². The summed E-state index contributed by atoms with van der Waals surface area (Å²) in [7, 11) is 0. The van der Waals surface area contributed by atoms with Crippen molar-refractivity contribution in [2.45, 2.75) is 45.6 Å². The highest BCUT2D eigenvalue weighted by Crippen LogP contribution is 2.28. The predicted octanol–water partition coefficient (Wildman–Crippen LogP) is 4.32. The molecule has 0 fully saturated rings. The van der Waals surface area contributed by atoms with Crippen molar-refractivity contribution in [3.8, 4) is 5.69 Å². The fraction of sp³-hybridized carbons (Fsp3) is 0.304. The molecular weight excluding hydrogens is 350 g/mol. The minimum atomic E-state index is -1.66. The number of aryl methyl sites for hydroxylation is 1. The highest BCUT2D eigenvalue weighted by atomic mass is 16.3. The topological polar surface area (TPSA) is 67.2 Å². The molecule has 1 heterocycles. The molecule has 1 aromatic heterocycles. The molecule has 0 saturated carbocycles. The molecule has 3 aromatic rings. The lowest BCUT2D eigenvalue weighted by Crippen LogP contribution is -2.37. The van der Waals surface area contributed by atoms with Crippen molar-refractivity contribution in [3.05, 3.63) is 77.5 Å². The van der Waals surface area contributed by atoms with Gasteiger partial charge in [0.05, 0.1) is 11.4 Å². The smallest absolute Gasteiger partial charge is 0.261 e. The van der Waals surface area contributed by atoms with E-state index in [2.05, 4.69) is 26.1 Å². The predicted molar refractivity (Wildman–Crippen MR) is 112 cm³/mol. The van der Waals surface area contributed by atoms with Gasteiger partial charge in [-0.3, -0.25) is 4.79 Å². The van der Waals surface area contributed by atoms with Crippen LogP contribution in [0.4, 0.5) is 5.82 Å². The number of amides is 1. The Labute approximate surface area is 166 Å². The van der Waals surface area contributed by atoms with Gasteiger partial charge in [-0.05, 0) is 31.5 Å². The third-order valence-electron chi connectivity index (χ3n) is 4.78. The van der Waals surface area contributed by atoms with Crippen molar-refractivity contribution in [1.82, 2.24) is 9.78 Å². The number of hydrogen-bond donors (Lipinski definition) is 2. The molecule has 1 atom stereocenters. The minimum Gasteiger partial charge on any atom is -0.376 e. The molecule has 0 radical (unpaired) electrons. The lowest BCUT2D eigenvalue weighted by molar-refractivity contribution is -0.133. The van der Waals surface area contributed by atoms with Crippen molar-refractivity contribution < 1.29 is 9.90 Å². The standard InChI is InChI=1S/C23H27N3O2/c1-16-11-13-18(14-12-16)26-20(15-19(25-26)22(2,3)4)24-21(27)23(5,28)17-9-7-6-8-10-17/h6-15,28H,1-5H3,(H,24,27). The van der Waals surface area contributed by atoms with E-state index in [4.69, 9.17) is 5.10 Å². The van der Waals surface area contributed by atoms with Gasteiger partial charge < -0.3 is 10.4 Å². The van der Waals surface area contributed by atoms with Crippen LogP contribution in [0.3, 0.4) is 0 Å². The summed E-state index contributed by atoms with van der Waals surface area (Å²) in [6, 6.07) is 18.7. The number of carbonyl (C=O) groups is 1. The van der Waals surface area contributed by atoms with Gasteiger partial charge in [0.15, 0.2) is 5.60 Å². The number of benzene rings is 2. The number of aliphatic hydroxyl groups is 1. The van der Waals surface area contributed by atoms with Crippen molar-refractivity contribution in [2.75, 3.05) is 5.32 Å². The fourth-order valence-electron chi connectivity index (χ4n) is 2.85. The number of aromatic nitrogens is 2. The van der Waals surface area contributed by atoms with Gasteiger partial charge in [0.2, 0.25) is 0 Å². The van der Waals surface area contributed by atoms with E-state index in [1.165, 1.54) is 6.92 Å². The van der Waals surface area contributed by atoms with Gasteiger partial charge in [-0.1, -0.05) is 68.8 Å². The van der Waals surface area contributed by atoms with Crippen LogP contribution < -0.4 is 5.32 Å². The third kappa shape index (κ3) is 3.99. The molecule has 28 heavy (non-hydrogen) atoms. The Hall–Kier alpha value is -2.92. The largest absolute Gasteiger partial charge is 0.376 e. The summed E-state index contributed by atoms with van der Waals surface area (Å²) in [6.45, 7) is 9.73. The molecule has 0 bridgehead atoms. The van der Waals surface area contributed by atoms with Gasteiger partial charge in [-0.25, -0.2) is 4.68 Å². The molecule has 5 heteroatoms. The van der Waals surface area contributed by atoms with Crippen LogP contribution >= 0.6 is 0 Å². The summed E-state index contributed by atoms with van der Waals surface area (Å²) in [6.07, 6.45) is 0. The van der Waals surface area contributed by atoms with Gasteiger partial charge >= 0.3 is 0 Å². The molecule has 0 spiro atoms. The number of anilines is 1. The molecule has 0 aliphatic carbocycles. The summed E-state index contributed by atoms with van der Waals surface area (Å²) in [5.74, 6) is 0.0161. The lowest BCUT2D eigenvalue weighted by Gasteiger charge is -2.23. The zero-order valence-electron chi connectivity index (χ0n) is 17.0. The number of rotatable bonds is 4. The first-order valence-electron chi connectivity index (χ1n) is 9.36. The zero-order valence-corrected chi connectivity index (χ0v) is 17.0. The van der Waals surface area contributed by atoms with Crippen molar-refractivity contribution in [3.63, 3.8) is 0 Å². The maximum atomic E-state index is 12.9. The summed E-state index contributed by atoms with van der Waals surface area (Å²) in [4.78, 5) is 12.9. The molecule has 2 aromatic carbocycles. The Morgan fingerprint density at radius 3 is 2.18 bits per heavy atom. The molecule has 1 amide bonds. The Morgan fingerprint density at radius 1 is 1.00 bits per heavy atom. The van der Waals surface area contributed by atoms with Crippen molar-refractivity contribution in [2.24, 2.45) is 0 Å². The number of carbonyl (C=O) groups excluding carboxylic acids is 1. The minimum absolute atomic E-state index is 0.183. The van der Waals surface area contributed by atoms with Crippen LogP contribution in [0.25, 0.3) is 5.69 Å². The third-order valence-corrected chi connectivity index (χ3v) is 4.78. The maximum absolute atomic E-state index is 12.9. The Balaban J connectivity index is 2.00. The summed E-state index contributed by atoms with van der Waals surface area (Å²) < 4.78 is 1.71. The van der Waals surface area contributed by atoms with Crippen molar-refractivity contribution >= 4 is 11.7 Å². The molecule has 2 N–H and O–H groups in total. The van der Waals surface area contributed by atoms with E-state index in [1.54, 1.807) is 28.9 Å². The Bertz CT molecular complexity index is 965. The molecule has 5 nitrogen and oxygen atoms in total. The highest BCUT2D eigenvalue weighted by molar-refractivity contribution is 5.97. The van der Waals surface area contributed by atoms with Crippen molar-refractivity contribution in [1.29, 1.82) is 0 Å².